The first-order chi connectivity index (χ1) is 13.0. The molecule has 2 aromatic carbocycles. The molecule has 27 heavy (non-hydrogen) atoms. The number of halogens is 2. The summed E-state index contributed by atoms with van der Waals surface area (Å²) in [5, 5.41) is 11.3. The number of hydrogen-bond donors (Lipinski definition) is 0. The highest BCUT2D eigenvalue weighted by molar-refractivity contribution is 7.99. The fraction of sp³-hybridized carbons (Fsp3) is 0.150. The van der Waals surface area contributed by atoms with Gasteiger partial charge < -0.3 is 0 Å². The molecule has 0 saturated heterocycles. The van der Waals surface area contributed by atoms with Gasteiger partial charge in [-0.2, -0.15) is 0 Å². The Morgan fingerprint density at radius 1 is 1.07 bits per heavy atom. The molecule has 2 heterocycles. The molecule has 0 N–H and O–H groups in total. The van der Waals surface area contributed by atoms with Crippen molar-refractivity contribution < 1.29 is 4.79 Å². The zero-order valence-corrected chi connectivity index (χ0v) is 17.0. The number of carbonyl (C=O) groups is 1. The number of fused-ring (bicyclic) bond motifs is 3. The zero-order valence-electron chi connectivity index (χ0n) is 14.7. The number of ketones is 1. The van der Waals surface area contributed by atoms with Crippen LogP contribution in [0.1, 0.15) is 21.5 Å². The number of rotatable bonds is 4. The summed E-state index contributed by atoms with van der Waals surface area (Å²) < 4.78 is 2.01. The molecule has 0 saturated carbocycles. The third-order valence-corrected chi connectivity index (χ3v) is 5.93. The van der Waals surface area contributed by atoms with E-state index >= 15 is 0 Å². The number of para-hydroxylation sites is 1. The van der Waals surface area contributed by atoms with E-state index in [0.717, 1.165) is 27.7 Å². The topological polar surface area (TPSA) is 47.3 Å². The number of pyridine rings is 1. The molecule has 0 fully saturated rings. The molecule has 0 atom stereocenters. The van der Waals surface area contributed by atoms with E-state index in [2.05, 4.69) is 36.2 Å². The minimum Gasteiger partial charge on any atom is -0.293 e. The van der Waals surface area contributed by atoms with Crippen LogP contribution in [-0.2, 0) is 0 Å². The predicted octanol–water partition coefficient (Wildman–Crippen LogP) is 5.78. The Morgan fingerprint density at radius 2 is 1.89 bits per heavy atom. The van der Waals surface area contributed by atoms with Crippen molar-refractivity contribution in [2.45, 2.75) is 19.0 Å². The van der Waals surface area contributed by atoms with Crippen molar-refractivity contribution >= 4 is 57.3 Å². The quantitative estimate of drug-likeness (QED) is 0.313. The molecular weight excluding hydrogens is 401 g/mol. The molecular formula is C20H15Cl2N3OS. The van der Waals surface area contributed by atoms with Gasteiger partial charge in [0, 0.05) is 16.0 Å². The van der Waals surface area contributed by atoms with Crippen LogP contribution in [-0.4, -0.2) is 26.1 Å². The van der Waals surface area contributed by atoms with Crippen molar-refractivity contribution in [3.63, 3.8) is 0 Å². The Bertz CT molecular complexity index is 1200. The van der Waals surface area contributed by atoms with Crippen molar-refractivity contribution in [1.82, 2.24) is 14.6 Å². The Morgan fingerprint density at radius 3 is 2.67 bits per heavy atom. The highest BCUT2D eigenvalue weighted by Crippen LogP contribution is 2.29. The lowest BCUT2D eigenvalue weighted by molar-refractivity contribution is 0.102. The molecule has 136 valence electrons. The maximum Gasteiger partial charge on any atom is 0.196 e. The number of benzene rings is 2. The van der Waals surface area contributed by atoms with Gasteiger partial charge in [-0.05, 0) is 49.2 Å². The Kier molecular flexibility index (Phi) is 4.84. The van der Waals surface area contributed by atoms with Crippen LogP contribution >= 0.6 is 35.0 Å². The van der Waals surface area contributed by atoms with Crippen molar-refractivity contribution in [2.24, 2.45) is 0 Å². The maximum atomic E-state index is 12.6. The smallest absolute Gasteiger partial charge is 0.196 e. The number of thioether (sulfide) groups is 1. The van der Waals surface area contributed by atoms with Crippen LogP contribution in [0.3, 0.4) is 0 Å². The first kappa shape index (κ1) is 18.3. The van der Waals surface area contributed by atoms with Crippen LogP contribution in [0.5, 0.6) is 0 Å². The van der Waals surface area contributed by atoms with E-state index in [9.17, 15) is 4.79 Å². The third-order valence-electron chi connectivity index (χ3n) is 4.45. The molecule has 0 radical (unpaired) electrons. The molecule has 0 aliphatic rings. The summed E-state index contributed by atoms with van der Waals surface area (Å²) in [4.78, 5) is 12.6. The van der Waals surface area contributed by atoms with Gasteiger partial charge >= 0.3 is 0 Å². The summed E-state index contributed by atoms with van der Waals surface area (Å²) >= 11 is 13.4. The van der Waals surface area contributed by atoms with E-state index in [0.29, 0.717) is 20.8 Å². The lowest BCUT2D eigenvalue weighted by atomic mass is 10.1. The van der Waals surface area contributed by atoms with Gasteiger partial charge in [0.25, 0.3) is 0 Å². The molecule has 0 bridgehead atoms. The van der Waals surface area contributed by atoms with Crippen LogP contribution in [0, 0.1) is 13.8 Å². The molecule has 0 unspecified atom stereocenters. The second kappa shape index (κ2) is 7.15. The second-order valence-corrected chi connectivity index (χ2v) is 8.10. The maximum absolute atomic E-state index is 12.6. The monoisotopic (exact) mass is 415 g/mol. The summed E-state index contributed by atoms with van der Waals surface area (Å²) in [7, 11) is 0. The molecule has 7 heteroatoms. The molecule has 2 aromatic heterocycles. The Hall–Kier alpha value is -2.08. The fourth-order valence-electron chi connectivity index (χ4n) is 3.15. The standard InChI is InChI=1S/C20H15Cl2N3OS/c1-11-4-3-5-14-12(2)8-18-23-24-20(25(18)19(11)14)27-10-17(26)15-7-6-13(21)9-16(15)22/h3-9H,10H2,1-2H3. The number of Topliss-reactive ketones (excluding diaryl/α,β-unsaturated/α-hetero) is 1. The predicted molar refractivity (Wildman–Crippen MR) is 111 cm³/mol. The summed E-state index contributed by atoms with van der Waals surface area (Å²) in [6.07, 6.45) is 0. The zero-order chi connectivity index (χ0) is 19.1. The van der Waals surface area contributed by atoms with Crippen molar-refractivity contribution in [2.75, 3.05) is 5.75 Å². The minimum absolute atomic E-state index is 0.0773. The second-order valence-electron chi connectivity index (χ2n) is 6.31. The van der Waals surface area contributed by atoms with Gasteiger partial charge in [0.1, 0.15) is 0 Å². The summed E-state index contributed by atoms with van der Waals surface area (Å²) in [6.45, 7) is 4.13. The average molecular weight is 416 g/mol. The summed E-state index contributed by atoms with van der Waals surface area (Å²) in [5.41, 5.74) is 4.58. The number of aryl methyl sites for hydroxylation is 2. The third kappa shape index (κ3) is 3.31. The van der Waals surface area contributed by atoms with Crippen LogP contribution in [0.2, 0.25) is 10.0 Å². The summed E-state index contributed by atoms with van der Waals surface area (Å²) in [6, 6.07) is 13.1. The molecule has 0 spiro atoms. The largest absolute Gasteiger partial charge is 0.293 e. The lowest BCUT2D eigenvalue weighted by Crippen LogP contribution is -2.04. The van der Waals surface area contributed by atoms with E-state index in [-0.39, 0.29) is 11.5 Å². The van der Waals surface area contributed by atoms with Crippen LogP contribution in [0.15, 0.2) is 47.6 Å². The van der Waals surface area contributed by atoms with Gasteiger partial charge in [-0.1, -0.05) is 53.2 Å². The highest BCUT2D eigenvalue weighted by atomic mass is 35.5. The van der Waals surface area contributed by atoms with Crippen LogP contribution in [0.4, 0.5) is 0 Å². The van der Waals surface area contributed by atoms with Crippen molar-refractivity contribution in [3.05, 3.63) is 69.2 Å². The molecule has 4 nitrogen and oxygen atoms in total. The number of nitrogens with zero attached hydrogens (tertiary/aromatic N) is 3. The van der Waals surface area contributed by atoms with E-state index in [1.165, 1.54) is 11.8 Å². The van der Waals surface area contributed by atoms with E-state index in [4.69, 9.17) is 23.2 Å². The van der Waals surface area contributed by atoms with Gasteiger partial charge in [-0.25, -0.2) is 0 Å². The average Bonchev–Trinajstić information content (AvgIpc) is 3.02. The van der Waals surface area contributed by atoms with E-state index in [1.807, 2.05) is 16.5 Å². The molecule has 0 amide bonds. The first-order valence-electron chi connectivity index (χ1n) is 8.31. The van der Waals surface area contributed by atoms with Gasteiger partial charge in [-0.15, -0.1) is 10.2 Å². The number of hydrogen-bond acceptors (Lipinski definition) is 4. The van der Waals surface area contributed by atoms with Gasteiger partial charge in [0.15, 0.2) is 16.6 Å². The van der Waals surface area contributed by atoms with Crippen molar-refractivity contribution in [1.29, 1.82) is 0 Å². The highest BCUT2D eigenvalue weighted by Gasteiger charge is 2.16. The van der Waals surface area contributed by atoms with E-state index in [1.54, 1.807) is 18.2 Å². The van der Waals surface area contributed by atoms with Crippen LogP contribution in [0.25, 0.3) is 16.6 Å². The SMILES string of the molecule is Cc1cc2nnc(SCC(=O)c3ccc(Cl)cc3Cl)n2c2c(C)cccc12. The Balaban J connectivity index is 1.72. The first-order valence-corrected chi connectivity index (χ1v) is 10.0. The van der Waals surface area contributed by atoms with Crippen molar-refractivity contribution in [3.8, 4) is 0 Å². The molecule has 4 rings (SSSR count). The minimum atomic E-state index is -0.0773. The van der Waals surface area contributed by atoms with Gasteiger partial charge in [-0.3, -0.25) is 9.20 Å². The van der Waals surface area contributed by atoms with E-state index < -0.39 is 0 Å². The summed E-state index contributed by atoms with van der Waals surface area (Å²) in [5.74, 6) is 0.134. The lowest BCUT2D eigenvalue weighted by Gasteiger charge is -2.10. The molecule has 0 aliphatic carbocycles. The number of aromatic nitrogens is 3. The number of carbonyl (C=O) groups excluding carboxylic acids is 1. The van der Waals surface area contributed by atoms with Gasteiger partial charge in [0.05, 0.1) is 16.3 Å². The molecule has 4 aromatic rings. The van der Waals surface area contributed by atoms with Gasteiger partial charge in [0.2, 0.25) is 0 Å². The molecule has 0 aliphatic heterocycles. The normalized spacial score (nSPS) is 11.4. The fourth-order valence-corrected chi connectivity index (χ4v) is 4.49. The Labute approximate surface area is 170 Å². The van der Waals surface area contributed by atoms with Crippen LogP contribution < -0.4 is 0 Å².